The molecular weight excluding hydrogens is 397 g/mol. The first kappa shape index (κ1) is 18.3. The molecule has 23 heavy (non-hydrogen) atoms. The lowest BCUT2D eigenvalue weighted by molar-refractivity contribution is 0.430. The zero-order valence-corrected chi connectivity index (χ0v) is 16.3. The number of halogens is 1. The van der Waals surface area contributed by atoms with Gasteiger partial charge in [-0.25, -0.2) is 0 Å². The molecule has 2 aliphatic rings. The Hall–Kier alpha value is -1.04. The number of hydrogen-bond donors (Lipinski definition) is 2. The summed E-state index contributed by atoms with van der Waals surface area (Å²) in [5.74, 6) is 0.941. The van der Waals surface area contributed by atoms with E-state index in [4.69, 9.17) is 0 Å². The van der Waals surface area contributed by atoms with Gasteiger partial charge in [0.1, 0.15) is 0 Å². The smallest absolute Gasteiger partial charge is 0.191 e. The Balaban J connectivity index is 0.00000192. The molecule has 126 valence electrons. The maximum absolute atomic E-state index is 4.40. The van der Waals surface area contributed by atoms with Gasteiger partial charge in [0.05, 0.1) is 0 Å². The van der Waals surface area contributed by atoms with Gasteiger partial charge < -0.3 is 10.6 Å². The van der Waals surface area contributed by atoms with E-state index in [1.54, 1.807) is 0 Å². The van der Waals surface area contributed by atoms with Crippen LogP contribution in [0.3, 0.4) is 0 Å². The van der Waals surface area contributed by atoms with Crippen LogP contribution in [-0.2, 0) is 5.41 Å². The molecule has 0 radical (unpaired) electrons. The Morgan fingerprint density at radius 1 is 1.13 bits per heavy atom. The van der Waals surface area contributed by atoms with Crippen LogP contribution in [-0.4, -0.2) is 25.6 Å². The highest BCUT2D eigenvalue weighted by atomic mass is 127. The molecule has 1 saturated carbocycles. The van der Waals surface area contributed by atoms with Gasteiger partial charge in [-0.15, -0.1) is 24.0 Å². The summed E-state index contributed by atoms with van der Waals surface area (Å²) in [5, 5.41) is 7.12. The molecule has 0 aliphatic heterocycles. The van der Waals surface area contributed by atoms with Gasteiger partial charge in [0.2, 0.25) is 0 Å². The van der Waals surface area contributed by atoms with Gasteiger partial charge >= 0.3 is 0 Å². The van der Waals surface area contributed by atoms with E-state index in [1.165, 1.54) is 31.2 Å². The molecule has 3 nitrogen and oxygen atoms in total. The molecular formula is C19H28IN3. The minimum Gasteiger partial charge on any atom is -0.356 e. The van der Waals surface area contributed by atoms with Gasteiger partial charge in [-0.05, 0) is 31.2 Å². The average Bonchev–Trinajstić information content (AvgIpc) is 3.25. The molecule has 0 heterocycles. The van der Waals surface area contributed by atoms with E-state index >= 15 is 0 Å². The van der Waals surface area contributed by atoms with Crippen LogP contribution in [0.4, 0.5) is 0 Å². The van der Waals surface area contributed by atoms with Gasteiger partial charge in [0.15, 0.2) is 5.96 Å². The van der Waals surface area contributed by atoms with E-state index < -0.39 is 0 Å². The van der Waals surface area contributed by atoms with E-state index in [2.05, 4.69) is 58.1 Å². The summed E-state index contributed by atoms with van der Waals surface area (Å²) in [7, 11) is 1.86. The highest BCUT2D eigenvalue weighted by molar-refractivity contribution is 14.0. The van der Waals surface area contributed by atoms with Crippen LogP contribution < -0.4 is 10.6 Å². The average molecular weight is 425 g/mol. The summed E-state index contributed by atoms with van der Waals surface area (Å²) < 4.78 is 0. The van der Waals surface area contributed by atoms with E-state index in [1.807, 2.05) is 7.05 Å². The van der Waals surface area contributed by atoms with Crippen LogP contribution in [0, 0.1) is 0 Å². The second kappa shape index (κ2) is 8.71. The third-order valence-corrected chi connectivity index (χ3v) is 5.11. The second-order valence-electron chi connectivity index (χ2n) is 6.56. The van der Waals surface area contributed by atoms with E-state index in [0.29, 0.717) is 6.04 Å². The van der Waals surface area contributed by atoms with Gasteiger partial charge in [-0.3, -0.25) is 4.99 Å². The lowest BCUT2D eigenvalue weighted by Crippen LogP contribution is -2.47. The van der Waals surface area contributed by atoms with Crippen LogP contribution >= 0.6 is 24.0 Å². The van der Waals surface area contributed by atoms with Crippen LogP contribution in [0.5, 0.6) is 0 Å². The topological polar surface area (TPSA) is 36.4 Å². The predicted octanol–water partition coefficient (Wildman–Crippen LogP) is 4.00. The van der Waals surface area contributed by atoms with E-state index in [9.17, 15) is 0 Å². The van der Waals surface area contributed by atoms with Crippen molar-refractivity contribution in [1.82, 2.24) is 10.6 Å². The normalized spacial score (nSPS) is 20.3. The Kier molecular flexibility index (Phi) is 6.93. The lowest BCUT2D eigenvalue weighted by Gasteiger charge is -2.31. The molecule has 1 aromatic carbocycles. The van der Waals surface area contributed by atoms with Crippen LogP contribution in [0.1, 0.15) is 44.1 Å². The zero-order chi connectivity index (χ0) is 15.3. The molecule has 0 atom stereocenters. The molecule has 2 N–H and O–H groups in total. The third kappa shape index (κ3) is 4.49. The minimum atomic E-state index is 0. The summed E-state index contributed by atoms with van der Waals surface area (Å²) >= 11 is 0. The molecule has 0 unspecified atom stereocenters. The molecule has 0 saturated heterocycles. The van der Waals surface area contributed by atoms with E-state index in [-0.39, 0.29) is 29.4 Å². The van der Waals surface area contributed by atoms with Crippen molar-refractivity contribution < 1.29 is 0 Å². The predicted molar refractivity (Wildman–Crippen MR) is 109 cm³/mol. The zero-order valence-electron chi connectivity index (χ0n) is 13.9. The fourth-order valence-corrected chi connectivity index (χ4v) is 3.79. The highest BCUT2D eigenvalue weighted by Crippen LogP contribution is 2.40. The summed E-state index contributed by atoms with van der Waals surface area (Å²) in [6.45, 7) is 0.969. The van der Waals surface area contributed by atoms with Crippen molar-refractivity contribution in [1.29, 1.82) is 0 Å². The molecule has 0 amide bonds. The second-order valence-corrected chi connectivity index (χ2v) is 6.56. The Morgan fingerprint density at radius 2 is 1.78 bits per heavy atom. The largest absolute Gasteiger partial charge is 0.356 e. The fraction of sp³-hybridized carbons (Fsp3) is 0.526. The molecule has 1 fully saturated rings. The lowest BCUT2D eigenvalue weighted by atomic mass is 9.79. The van der Waals surface area contributed by atoms with Crippen LogP contribution in [0.25, 0.3) is 0 Å². The fourth-order valence-electron chi connectivity index (χ4n) is 3.79. The monoisotopic (exact) mass is 425 g/mol. The van der Waals surface area contributed by atoms with Gasteiger partial charge in [0, 0.05) is 25.0 Å². The van der Waals surface area contributed by atoms with Crippen molar-refractivity contribution >= 4 is 29.9 Å². The summed E-state index contributed by atoms with van der Waals surface area (Å²) in [6.07, 6.45) is 11.9. The van der Waals surface area contributed by atoms with Crippen molar-refractivity contribution in [2.45, 2.75) is 50.0 Å². The number of nitrogens with one attached hydrogen (secondary N) is 2. The molecule has 0 bridgehead atoms. The van der Waals surface area contributed by atoms with Gasteiger partial charge in [0.25, 0.3) is 0 Å². The Morgan fingerprint density at radius 3 is 2.39 bits per heavy atom. The summed E-state index contributed by atoms with van der Waals surface area (Å²) in [6, 6.07) is 11.5. The number of benzene rings is 1. The van der Waals surface area contributed by atoms with Crippen molar-refractivity contribution in [3.63, 3.8) is 0 Å². The first-order valence-electron chi connectivity index (χ1n) is 8.50. The Bertz CT molecular complexity index is 525. The molecule has 0 spiro atoms. The van der Waals surface area contributed by atoms with Crippen molar-refractivity contribution in [3.8, 4) is 0 Å². The summed E-state index contributed by atoms with van der Waals surface area (Å²) in [5.41, 5.74) is 1.74. The van der Waals surface area contributed by atoms with Crippen molar-refractivity contribution in [3.05, 3.63) is 48.0 Å². The number of aliphatic imine (C=N–C) groups is 1. The number of hydrogen-bond acceptors (Lipinski definition) is 1. The van der Waals surface area contributed by atoms with Gasteiger partial charge in [-0.1, -0.05) is 55.3 Å². The maximum Gasteiger partial charge on any atom is 0.191 e. The first-order chi connectivity index (χ1) is 10.8. The maximum atomic E-state index is 4.40. The number of guanidine groups is 1. The van der Waals surface area contributed by atoms with Crippen LogP contribution in [0.2, 0.25) is 0 Å². The molecule has 4 heteroatoms. The summed E-state index contributed by atoms with van der Waals surface area (Å²) in [4.78, 5) is 4.40. The standard InChI is InChI=1S/C19H27N3.HI/c1-20-18(22-17-11-5-6-12-17)21-15-19(13-7-8-14-19)16-9-3-2-4-10-16;/h2-6,9-10,17H,7-8,11-15H2,1H3,(H2,20,21,22);1H. The molecule has 1 aromatic rings. The number of nitrogens with zero attached hydrogens (tertiary/aromatic N) is 1. The SMILES string of the molecule is CN=C(NCC1(c2ccccc2)CCCC1)NC1CC=CC1.I. The molecule has 3 rings (SSSR count). The molecule has 0 aromatic heterocycles. The van der Waals surface area contributed by atoms with Crippen molar-refractivity contribution in [2.24, 2.45) is 4.99 Å². The highest BCUT2D eigenvalue weighted by Gasteiger charge is 2.35. The third-order valence-electron chi connectivity index (χ3n) is 5.11. The van der Waals surface area contributed by atoms with Crippen molar-refractivity contribution in [2.75, 3.05) is 13.6 Å². The quantitative estimate of drug-likeness (QED) is 0.331. The van der Waals surface area contributed by atoms with Crippen LogP contribution in [0.15, 0.2) is 47.5 Å². The van der Waals surface area contributed by atoms with Gasteiger partial charge in [-0.2, -0.15) is 0 Å². The molecule has 2 aliphatic carbocycles. The number of rotatable bonds is 4. The first-order valence-corrected chi connectivity index (χ1v) is 8.50. The minimum absolute atomic E-state index is 0. The Labute approximate surface area is 157 Å². The van der Waals surface area contributed by atoms with E-state index in [0.717, 1.165) is 25.3 Å².